The van der Waals surface area contributed by atoms with Crippen molar-refractivity contribution in [3.8, 4) is 0 Å². The molecule has 96 valence electrons. The Kier molecular flexibility index (Phi) is 4.09. The second-order valence-corrected chi connectivity index (χ2v) is 4.63. The van der Waals surface area contributed by atoms with Crippen LogP contribution >= 0.6 is 23.8 Å². The molecule has 1 amide bonds. The van der Waals surface area contributed by atoms with E-state index in [4.69, 9.17) is 29.6 Å². The van der Waals surface area contributed by atoms with Crippen LogP contribution < -0.4 is 11.1 Å². The molecular weight excluding hydrogens is 282 g/mol. The Morgan fingerprint density at radius 3 is 2.42 bits per heavy atom. The molecule has 2 rings (SSSR count). The number of anilines is 1. The van der Waals surface area contributed by atoms with Crippen molar-refractivity contribution >= 4 is 40.4 Å². The molecule has 0 aliphatic carbocycles. The fraction of sp³-hybridized carbons (Fsp3) is 0. The third-order valence-electron chi connectivity index (χ3n) is 2.39. The van der Waals surface area contributed by atoms with Gasteiger partial charge in [-0.25, -0.2) is 4.98 Å². The number of benzene rings is 1. The zero-order valence-corrected chi connectivity index (χ0v) is 11.3. The van der Waals surface area contributed by atoms with Gasteiger partial charge in [-0.3, -0.25) is 4.79 Å². The van der Waals surface area contributed by atoms with Crippen LogP contribution in [-0.2, 0) is 0 Å². The minimum Gasteiger partial charge on any atom is -0.389 e. The maximum Gasteiger partial charge on any atom is 0.274 e. The highest BCUT2D eigenvalue weighted by molar-refractivity contribution is 7.80. The first-order valence-corrected chi connectivity index (χ1v) is 6.17. The van der Waals surface area contributed by atoms with Crippen LogP contribution in [0.15, 0.2) is 42.6 Å². The lowest BCUT2D eigenvalue weighted by Crippen LogP contribution is -2.14. The number of nitrogens with zero attached hydrogens (tertiary/aromatic N) is 1. The van der Waals surface area contributed by atoms with E-state index in [0.717, 1.165) is 5.56 Å². The van der Waals surface area contributed by atoms with Crippen LogP contribution in [0.25, 0.3) is 0 Å². The van der Waals surface area contributed by atoms with Crippen LogP contribution in [0.1, 0.15) is 16.1 Å². The zero-order valence-electron chi connectivity index (χ0n) is 9.76. The molecule has 0 bridgehead atoms. The van der Waals surface area contributed by atoms with Crippen LogP contribution in [-0.4, -0.2) is 15.9 Å². The Balaban J connectivity index is 2.10. The number of halogens is 1. The Morgan fingerprint density at radius 2 is 1.89 bits per heavy atom. The second kappa shape index (κ2) is 5.77. The molecular formula is C13H10ClN3OS. The second-order valence-electron chi connectivity index (χ2n) is 3.76. The van der Waals surface area contributed by atoms with Gasteiger partial charge in [-0.2, -0.15) is 0 Å². The number of carbonyl (C=O) groups excluding carboxylic acids is 1. The van der Waals surface area contributed by atoms with Crippen molar-refractivity contribution in [2.24, 2.45) is 5.73 Å². The highest BCUT2D eigenvalue weighted by Crippen LogP contribution is 2.12. The molecule has 1 aromatic carbocycles. The molecule has 0 aliphatic rings. The quantitative estimate of drug-likeness (QED) is 0.853. The van der Waals surface area contributed by atoms with Crippen molar-refractivity contribution in [3.05, 3.63) is 58.9 Å². The molecule has 4 nitrogen and oxygen atoms in total. The van der Waals surface area contributed by atoms with Crippen molar-refractivity contribution in [1.82, 2.24) is 4.98 Å². The molecule has 0 saturated heterocycles. The molecule has 1 aromatic heterocycles. The van der Waals surface area contributed by atoms with E-state index in [9.17, 15) is 4.79 Å². The van der Waals surface area contributed by atoms with E-state index in [2.05, 4.69) is 10.3 Å². The first kappa shape index (κ1) is 13.5. The number of thiocarbonyl (C=S) groups is 1. The summed E-state index contributed by atoms with van der Waals surface area (Å²) in [4.78, 5) is 16.1. The van der Waals surface area contributed by atoms with Crippen molar-refractivity contribution < 1.29 is 4.79 Å². The fourth-order valence-corrected chi connectivity index (χ4v) is 1.67. The van der Waals surface area contributed by atoms with Crippen LogP contribution in [0.3, 0.4) is 0 Å². The smallest absolute Gasteiger partial charge is 0.274 e. The lowest BCUT2D eigenvalue weighted by molar-refractivity contribution is 0.102. The number of nitrogens with one attached hydrogen (secondary N) is 1. The van der Waals surface area contributed by atoms with E-state index in [-0.39, 0.29) is 5.91 Å². The van der Waals surface area contributed by atoms with E-state index in [1.165, 1.54) is 6.20 Å². The summed E-state index contributed by atoms with van der Waals surface area (Å²) in [6.45, 7) is 0. The van der Waals surface area contributed by atoms with Crippen LogP contribution in [0.4, 0.5) is 5.69 Å². The topological polar surface area (TPSA) is 68.0 Å². The van der Waals surface area contributed by atoms with Gasteiger partial charge in [0.15, 0.2) is 0 Å². The molecule has 3 N–H and O–H groups in total. The van der Waals surface area contributed by atoms with E-state index in [1.54, 1.807) is 36.4 Å². The third-order valence-corrected chi connectivity index (χ3v) is 2.85. The van der Waals surface area contributed by atoms with E-state index in [1.807, 2.05) is 0 Å². The van der Waals surface area contributed by atoms with E-state index >= 15 is 0 Å². The SMILES string of the molecule is NC(=S)c1ccc(NC(=O)c2ccc(Cl)cn2)cc1. The van der Waals surface area contributed by atoms with Gasteiger partial charge in [0.2, 0.25) is 0 Å². The zero-order chi connectivity index (χ0) is 13.8. The number of hydrogen-bond donors (Lipinski definition) is 2. The molecule has 0 atom stereocenters. The summed E-state index contributed by atoms with van der Waals surface area (Å²) in [5.41, 5.74) is 7.17. The first-order chi connectivity index (χ1) is 9.06. The molecule has 0 radical (unpaired) electrons. The predicted molar refractivity (Wildman–Crippen MR) is 79.5 cm³/mol. The average molecular weight is 292 g/mol. The number of pyridine rings is 1. The van der Waals surface area contributed by atoms with Gasteiger partial charge < -0.3 is 11.1 Å². The summed E-state index contributed by atoms with van der Waals surface area (Å²) in [6.07, 6.45) is 1.42. The van der Waals surface area contributed by atoms with Gasteiger partial charge in [0, 0.05) is 17.4 Å². The van der Waals surface area contributed by atoms with Gasteiger partial charge in [0.25, 0.3) is 5.91 Å². The number of rotatable bonds is 3. The lowest BCUT2D eigenvalue weighted by Gasteiger charge is -2.05. The number of aromatic nitrogens is 1. The Hall–Kier alpha value is -1.98. The van der Waals surface area contributed by atoms with E-state index < -0.39 is 0 Å². The summed E-state index contributed by atoms with van der Waals surface area (Å²) < 4.78 is 0. The highest BCUT2D eigenvalue weighted by atomic mass is 35.5. The molecule has 0 unspecified atom stereocenters. The van der Waals surface area contributed by atoms with Crippen LogP contribution in [0, 0.1) is 0 Å². The first-order valence-electron chi connectivity index (χ1n) is 5.39. The lowest BCUT2D eigenvalue weighted by atomic mass is 10.2. The number of carbonyl (C=O) groups is 1. The minimum absolute atomic E-state index is 0.294. The largest absolute Gasteiger partial charge is 0.389 e. The Morgan fingerprint density at radius 1 is 1.21 bits per heavy atom. The van der Waals surface area contributed by atoms with Gasteiger partial charge in [-0.1, -0.05) is 23.8 Å². The summed E-state index contributed by atoms with van der Waals surface area (Å²) >= 11 is 10.6. The number of hydrogen-bond acceptors (Lipinski definition) is 3. The normalized spacial score (nSPS) is 9.95. The predicted octanol–water partition coefficient (Wildman–Crippen LogP) is 2.62. The fourth-order valence-electron chi connectivity index (χ4n) is 1.42. The van der Waals surface area contributed by atoms with E-state index in [0.29, 0.717) is 21.4 Å². The van der Waals surface area contributed by atoms with Gasteiger partial charge >= 0.3 is 0 Å². The van der Waals surface area contributed by atoms with Crippen molar-refractivity contribution in [3.63, 3.8) is 0 Å². The molecule has 19 heavy (non-hydrogen) atoms. The average Bonchev–Trinajstić information content (AvgIpc) is 2.40. The number of amides is 1. The van der Waals surface area contributed by atoms with Gasteiger partial charge in [-0.15, -0.1) is 0 Å². The summed E-state index contributed by atoms with van der Waals surface area (Å²) in [7, 11) is 0. The maximum absolute atomic E-state index is 11.9. The molecule has 6 heteroatoms. The van der Waals surface area contributed by atoms with Crippen LogP contribution in [0.2, 0.25) is 5.02 Å². The number of nitrogens with two attached hydrogens (primary N) is 1. The van der Waals surface area contributed by atoms with Gasteiger partial charge in [0.05, 0.1) is 5.02 Å². The molecule has 0 spiro atoms. The summed E-state index contributed by atoms with van der Waals surface area (Å²) in [5, 5.41) is 3.20. The Bertz CT molecular complexity index is 611. The van der Waals surface area contributed by atoms with Crippen molar-refractivity contribution in [2.45, 2.75) is 0 Å². The van der Waals surface area contributed by atoms with Gasteiger partial charge in [-0.05, 0) is 36.4 Å². The molecule has 0 saturated carbocycles. The standard InChI is InChI=1S/C13H10ClN3OS/c14-9-3-6-11(16-7-9)13(18)17-10-4-1-8(2-5-10)12(15)19/h1-7H,(H2,15,19)(H,17,18). The monoisotopic (exact) mass is 291 g/mol. The maximum atomic E-state index is 11.9. The minimum atomic E-state index is -0.306. The molecule has 2 aromatic rings. The molecule has 0 aliphatic heterocycles. The summed E-state index contributed by atoms with van der Waals surface area (Å²) in [6, 6.07) is 10.1. The molecule has 1 heterocycles. The van der Waals surface area contributed by atoms with Crippen molar-refractivity contribution in [2.75, 3.05) is 5.32 Å². The Labute approximate surface area is 120 Å². The van der Waals surface area contributed by atoms with Gasteiger partial charge in [0.1, 0.15) is 10.7 Å². The highest BCUT2D eigenvalue weighted by Gasteiger charge is 2.07. The van der Waals surface area contributed by atoms with Crippen LogP contribution in [0.5, 0.6) is 0 Å². The molecule has 0 fully saturated rings. The summed E-state index contributed by atoms with van der Waals surface area (Å²) in [5.74, 6) is -0.306. The van der Waals surface area contributed by atoms with Crippen molar-refractivity contribution in [1.29, 1.82) is 0 Å². The third kappa shape index (κ3) is 3.49.